The van der Waals surface area contributed by atoms with Gasteiger partial charge in [-0.2, -0.15) is 0 Å². The van der Waals surface area contributed by atoms with Gasteiger partial charge in [0.25, 0.3) is 0 Å². The third-order valence-corrected chi connectivity index (χ3v) is 4.59. The van der Waals surface area contributed by atoms with Gasteiger partial charge >= 0.3 is 0 Å². The van der Waals surface area contributed by atoms with Gasteiger partial charge in [-0.15, -0.1) is 11.6 Å². The van der Waals surface area contributed by atoms with E-state index in [1.807, 2.05) is 26.0 Å². The Hall–Kier alpha value is -0.890. The second-order valence-corrected chi connectivity index (χ2v) is 6.45. The number of hydrogen-bond donors (Lipinski definition) is 0. The molecule has 0 bridgehead atoms. The molecule has 0 aliphatic rings. The van der Waals surface area contributed by atoms with Gasteiger partial charge in [-0.05, 0) is 54.7 Å². The van der Waals surface area contributed by atoms with Gasteiger partial charge in [0.05, 0.1) is 22.5 Å². The third-order valence-electron chi connectivity index (χ3n) is 3.45. The van der Waals surface area contributed by atoms with E-state index in [9.17, 15) is 0 Å². The van der Waals surface area contributed by atoms with Crippen LogP contribution in [-0.2, 0) is 6.42 Å². The summed E-state index contributed by atoms with van der Waals surface area (Å²) in [6.45, 7) is 4.05. The van der Waals surface area contributed by atoms with Gasteiger partial charge in [-0.3, -0.25) is 0 Å². The molecule has 0 aromatic heterocycles. The van der Waals surface area contributed by atoms with Crippen LogP contribution in [0.3, 0.4) is 0 Å². The summed E-state index contributed by atoms with van der Waals surface area (Å²) in [5, 5.41) is 0.994. The van der Waals surface area contributed by atoms with Gasteiger partial charge in [0.1, 0.15) is 5.75 Å². The maximum atomic E-state index is 6.56. The van der Waals surface area contributed by atoms with Crippen molar-refractivity contribution < 1.29 is 4.74 Å². The lowest BCUT2D eigenvalue weighted by Gasteiger charge is -2.15. The van der Waals surface area contributed by atoms with Gasteiger partial charge in [-0.25, -0.2) is 0 Å². The summed E-state index contributed by atoms with van der Waals surface area (Å²) in [7, 11) is 1.68. The van der Waals surface area contributed by atoms with Crippen LogP contribution < -0.4 is 4.74 Å². The number of ether oxygens (including phenoxy) is 1. The molecule has 0 spiro atoms. The van der Waals surface area contributed by atoms with E-state index >= 15 is 0 Å². The lowest BCUT2D eigenvalue weighted by molar-refractivity contribution is 0.408. The molecule has 0 radical (unpaired) electrons. The standard InChI is InChI=1S/C17H17Cl3O/c1-10-6-13(7-11(2)17(10)21-3)15(19)8-12-4-5-14(18)16(20)9-12/h4-7,9,15H,8H2,1-3H3. The lowest BCUT2D eigenvalue weighted by atomic mass is 9.99. The Morgan fingerprint density at radius 3 is 2.14 bits per heavy atom. The summed E-state index contributed by atoms with van der Waals surface area (Å²) in [4.78, 5) is 0. The molecular formula is C17H17Cl3O. The topological polar surface area (TPSA) is 9.23 Å². The second-order valence-electron chi connectivity index (χ2n) is 5.11. The van der Waals surface area contributed by atoms with Gasteiger partial charge in [0, 0.05) is 0 Å². The molecule has 2 aromatic carbocycles. The molecule has 1 nitrogen and oxygen atoms in total. The molecule has 0 amide bonds. The highest BCUT2D eigenvalue weighted by Crippen LogP contribution is 2.33. The number of rotatable bonds is 4. The predicted molar refractivity (Wildman–Crippen MR) is 91.2 cm³/mol. The van der Waals surface area contributed by atoms with E-state index in [0.29, 0.717) is 16.5 Å². The van der Waals surface area contributed by atoms with Crippen molar-refractivity contribution in [1.82, 2.24) is 0 Å². The molecule has 0 fully saturated rings. The zero-order valence-corrected chi connectivity index (χ0v) is 14.5. The monoisotopic (exact) mass is 342 g/mol. The first-order chi connectivity index (χ1) is 9.92. The average Bonchev–Trinajstić information content (AvgIpc) is 2.42. The first-order valence-corrected chi connectivity index (χ1v) is 7.84. The number of hydrogen-bond acceptors (Lipinski definition) is 1. The summed E-state index contributed by atoms with van der Waals surface area (Å²) in [5.74, 6) is 0.914. The van der Waals surface area contributed by atoms with Crippen LogP contribution in [-0.4, -0.2) is 7.11 Å². The quantitative estimate of drug-likeness (QED) is 0.606. The summed E-state index contributed by atoms with van der Waals surface area (Å²) in [5.41, 5.74) is 4.33. The highest BCUT2D eigenvalue weighted by molar-refractivity contribution is 6.42. The first-order valence-electron chi connectivity index (χ1n) is 6.65. The summed E-state index contributed by atoms with van der Waals surface area (Å²) in [6.07, 6.45) is 0.698. The zero-order chi connectivity index (χ0) is 15.6. The molecular weight excluding hydrogens is 327 g/mol. The second kappa shape index (κ2) is 6.91. The normalized spacial score (nSPS) is 12.3. The van der Waals surface area contributed by atoms with Crippen molar-refractivity contribution in [2.24, 2.45) is 0 Å². The number of aryl methyl sites for hydroxylation is 2. The minimum atomic E-state index is -0.120. The zero-order valence-electron chi connectivity index (χ0n) is 12.2. The van der Waals surface area contributed by atoms with Crippen molar-refractivity contribution in [2.75, 3.05) is 7.11 Å². The van der Waals surface area contributed by atoms with Crippen LogP contribution in [0.4, 0.5) is 0 Å². The van der Waals surface area contributed by atoms with Crippen LogP contribution in [0.1, 0.15) is 27.6 Å². The average molecular weight is 344 g/mol. The SMILES string of the molecule is COc1c(C)cc(C(Cl)Cc2ccc(Cl)c(Cl)c2)cc1C. The highest BCUT2D eigenvalue weighted by atomic mass is 35.5. The van der Waals surface area contributed by atoms with Crippen molar-refractivity contribution in [3.05, 3.63) is 62.6 Å². The molecule has 0 saturated carbocycles. The minimum Gasteiger partial charge on any atom is -0.496 e. The van der Waals surface area contributed by atoms with Crippen molar-refractivity contribution in [3.8, 4) is 5.75 Å². The Morgan fingerprint density at radius 2 is 1.62 bits per heavy atom. The van der Waals surface area contributed by atoms with E-state index in [-0.39, 0.29) is 5.38 Å². The van der Waals surface area contributed by atoms with E-state index < -0.39 is 0 Å². The van der Waals surface area contributed by atoms with Crippen LogP contribution in [0, 0.1) is 13.8 Å². The van der Waals surface area contributed by atoms with Crippen LogP contribution in [0.15, 0.2) is 30.3 Å². The highest BCUT2D eigenvalue weighted by Gasteiger charge is 2.13. The van der Waals surface area contributed by atoms with Crippen LogP contribution in [0.5, 0.6) is 5.75 Å². The van der Waals surface area contributed by atoms with E-state index in [2.05, 4.69) is 12.1 Å². The molecule has 0 saturated heterocycles. The van der Waals surface area contributed by atoms with Crippen molar-refractivity contribution in [3.63, 3.8) is 0 Å². The van der Waals surface area contributed by atoms with Crippen LogP contribution in [0.2, 0.25) is 10.0 Å². The van der Waals surface area contributed by atoms with Crippen molar-refractivity contribution in [2.45, 2.75) is 25.6 Å². The molecule has 2 aromatic rings. The van der Waals surface area contributed by atoms with E-state index in [1.54, 1.807) is 13.2 Å². The molecule has 1 unspecified atom stereocenters. The number of benzene rings is 2. The Morgan fingerprint density at radius 1 is 1.00 bits per heavy atom. The molecule has 0 N–H and O–H groups in total. The van der Waals surface area contributed by atoms with Crippen molar-refractivity contribution >= 4 is 34.8 Å². The minimum absolute atomic E-state index is 0.120. The van der Waals surface area contributed by atoms with Gasteiger partial charge < -0.3 is 4.74 Å². The Bertz CT molecular complexity index is 629. The van der Waals surface area contributed by atoms with Crippen LogP contribution >= 0.6 is 34.8 Å². The fourth-order valence-corrected chi connectivity index (χ4v) is 3.10. The van der Waals surface area contributed by atoms with E-state index in [4.69, 9.17) is 39.5 Å². The molecule has 2 rings (SSSR count). The summed E-state index contributed by atoms with van der Waals surface area (Å²) < 4.78 is 5.38. The van der Waals surface area contributed by atoms with E-state index in [0.717, 1.165) is 28.0 Å². The maximum Gasteiger partial charge on any atom is 0.124 e. The molecule has 1 atom stereocenters. The number of alkyl halides is 1. The summed E-state index contributed by atoms with van der Waals surface area (Å²) in [6, 6.07) is 9.75. The lowest BCUT2D eigenvalue weighted by Crippen LogP contribution is -1.99. The molecule has 0 aliphatic heterocycles. The van der Waals surface area contributed by atoms with Crippen molar-refractivity contribution in [1.29, 1.82) is 0 Å². The Kier molecular flexibility index (Phi) is 5.43. The predicted octanol–water partition coefficient (Wildman–Crippen LogP) is 6.14. The van der Waals surface area contributed by atoms with Gasteiger partial charge in [0.2, 0.25) is 0 Å². The third kappa shape index (κ3) is 3.85. The molecule has 21 heavy (non-hydrogen) atoms. The van der Waals surface area contributed by atoms with Gasteiger partial charge in [0.15, 0.2) is 0 Å². The van der Waals surface area contributed by atoms with Crippen LogP contribution in [0.25, 0.3) is 0 Å². The van der Waals surface area contributed by atoms with Gasteiger partial charge in [-0.1, -0.05) is 41.4 Å². The molecule has 0 aliphatic carbocycles. The molecule has 112 valence electrons. The fraction of sp³-hybridized carbons (Fsp3) is 0.294. The number of halogens is 3. The molecule has 0 heterocycles. The Balaban J connectivity index is 2.24. The smallest absolute Gasteiger partial charge is 0.124 e. The number of methoxy groups -OCH3 is 1. The van der Waals surface area contributed by atoms with E-state index in [1.165, 1.54) is 0 Å². The maximum absolute atomic E-state index is 6.56. The Labute approximate surface area is 140 Å². The first kappa shape index (κ1) is 16.5. The molecule has 4 heteroatoms. The fourth-order valence-electron chi connectivity index (χ4n) is 2.48. The largest absolute Gasteiger partial charge is 0.496 e. The summed E-state index contributed by atoms with van der Waals surface area (Å²) >= 11 is 18.5.